The smallest absolute Gasteiger partial charge is 0.119 e. The molecule has 102 valence electrons. The molecule has 0 radical (unpaired) electrons. The molecule has 0 spiro atoms. The van der Waals surface area contributed by atoms with Gasteiger partial charge >= 0.3 is 0 Å². The summed E-state index contributed by atoms with van der Waals surface area (Å²) >= 11 is 0. The molecule has 2 nitrogen and oxygen atoms in total. The third kappa shape index (κ3) is 3.39. The van der Waals surface area contributed by atoms with Crippen molar-refractivity contribution < 1.29 is 4.74 Å². The lowest BCUT2D eigenvalue weighted by Crippen LogP contribution is -2.02. The molecule has 0 aliphatic heterocycles. The van der Waals surface area contributed by atoms with Gasteiger partial charge in [0.15, 0.2) is 0 Å². The first-order chi connectivity index (χ1) is 9.74. The Morgan fingerprint density at radius 2 is 1.80 bits per heavy atom. The van der Waals surface area contributed by atoms with Gasteiger partial charge in [0.25, 0.3) is 0 Å². The molecule has 0 aromatic heterocycles. The van der Waals surface area contributed by atoms with E-state index in [1.807, 2.05) is 49.4 Å². The average molecular weight is 265 g/mol. The van der Waals surface area contributed by atoms with Crippen molar-refractivity contribution in [3.63, 3.8) is 0 Å². The maximum atomic E-state index is 9.43. The Bertz CT molecular complexity index is 596. The molecule has 0 saturated heterocycles. The highest BCUT2D eigenvalue weighted by molar-refractivity contribution is 5.36. The predicted octanol–water partition coefficient (Wildman–Crippen LogP) is 4.24. The van der Waals surface area contributed by atoms with Crippen LogP contribution in [0, 0.1) is 18.3 Å². The predicted molar refractivity (Wildman–Crippen MR) is 80.8 cm³/mol. The van der Waals surface area contributed by atoms with Crippen LogP contribution in [0.1, 0.15) is 29.5 Å². The van der Waals surface area contributed by atoms with E-state index in [0.717, 1.165) is 23.3 Å². The van der Waals surface area contributed by atoms with Crippen LogP contribution in [-0.4, -0.2) is 6.61 Å². The van der Waals surface area contributed by atoms with E-state index in [1.54, 1.807) is 0 Å². The van der Waals surface area contributed by atoms with Crippen molar-refractivity contribution in [2.24, 2.45) is 0 Å². The van der Waals surface area contributed by atoms with Gasteiger partial charge in [0, 0.05) is 0 Å². The molecule has 0 aliphatic rings. The molecule has 2 heteroatoms. The normalized spacial score (nSPS) is 11.7. The minimum Gasteiger partial charge on any atom is -0.494 e. The summed E-state index contributed by atoms with van der Waals surface area (Å²) in [5, 5.41) is 9.43. The van der Waals surface area contributed by atoms with E-state index < -0.39 is 0 Å². The second-order valence-corrected chi connectivity index (χ2v) is 4.82. The van der Waals surface area contributed by atoms with Gasteiger partial charge in [-0.05, 0) is 49.1 Å². The van der Waals surface area contributed by atoms with Crippen molar-refractivity contribution in [3.8, 4) is 11.8 Å². The van der Waals surface area contributed by atoms with Crippen LogP contribution >= 0.6 is 0 Å². The van der Waals surface area contributed by atoms with E-state index in [2.05, 4.69) is 19.1 Å². The van der Waals surface area contributed by atoms with E-state index in [9.17, 15) is 5.26 Å². The van der Waals surface area contributed by atoms with Crippen LogP contribution in [0.15, 0.2) is 48.5 Å². The first-order valence-electron chi connectivity index (χ1n) is 6.91. The molecule has 20 heavy (non-hydrogen) atoms. The number of hydrogen-bond acceptors (Lipinski definition) is 2. The van der Waals surface area contributed by atoms with E-state index in [-0.39, 0.29) is 5.92 Å². The zero-order chi connectivity index (χ0) is 14.4. The highest BCUT2D eigenvalue weighted by Gasteiger charge is 2.13. The van der Waals surface area contributed by atoms with Crippen molar-refractivity contribution in [1.29, 1.82) is 5.26 Å². The van der Waals surface area contributed by atoms with Gasteiger partial charge in [-0.25, -0.2) is 0 Å². The third-order valence-corrected chi connectivity index (χ3v) is 3.39. The van der Waals surface area contributed by atoms with Gasteiger partial charge in [0.2, 0.25) is 0 Å². The summed E-state index contributed by atoms with van der Waals surface area (Å²) in [5.74, 6) is 0.773. The van der Waals surface area contributed by atoms with Crippen molar-refractivity contribution >= 4 is 0 Å². The van der Waals surface area contributed by atoms with Gasteiger partial charge in [0.05, 0.1) is 18.6 Å². The molecule has 2 aromatic carbocycles. The zero-order valence-electron chi connectivity index (χ0n) is 12.0. The Balaban J connectivity index is 2.15. The molecule has 1 unspecified atom stereocenters. The molecular formula is C18H19NO. The van der Waals surface area contributed by atoms with Crippen LogP contribution in [0.4, 0.5) is 0 Å². The highest BCUT2D eigenvalue weighted by atomic mass is 16.5. The maximum absolute atomic E-state index is 9.43. The first-order valence-corrected chi connectivity index (χ1v) is 6.91. The molecule has 0 N–H and O–H groups in total. The van der Waals surface area contributed by atoms with Crippen molar-refractivity contribution in [1.82, 2.24) is 0 Å². The lowest BCUT2D eigenvalue weighted by molar-refractivity contribution is 0.340. The fraction of sp³-hybridized carbons (Fsp3) is 0.278. The number of nitriles is 1. The number of ether oxygens (including phenoxy) is 1. The number of benzene rings is 2. The molecule has 2 rings (SSSR count). The molecule has 0 fully saturated rings. The van der Waals surface area contributed by atoms with Gasteiger partial charge in [-0.3, -0.25) is 0 Å². The second-order valence-electron chi connectivity index (χ2n) is 4.82. The Morgan fingerprint density at radius 1 is 1.10 bits per heavy atom. The number of aryl methyl sites for hydroxylation is 1. The van der Waals surface area contributed by atoms with Gasteiger partial charge in [0.1, 0.15) is 5.75 Å². The van der Waals surface area contributed by atoms with E-state index in [1.165, 1.54) is 5.56 Å². The molecule has 0 amide bonds. The number of hydrogen-bond donors (Lipinski definition) is 0. The monoisotopic (exact) mass is 265 g/mol. The van der Waals surface area contributed by atoms with Crippen molar-refractivity contribution in [2.75, 3.05) is 6.61 Å². The molecule has 2 aromatic rings. The second kappa shape index (κ2) is 6.77. The molecule has 0 aliphatic carbocycles. The standard InChI is InChI=1S/C18H19NO/c1-3-20-17-10-8-15(9-11-17)12-16(13-19)18-7-5-4-6-14(18)2/h4-11,16H,3,12H2,1-2H3. The summed E-state index contributed by atoms with van der Waals surface area (Å²) in [4.78, 5) is 0. The minimum absolute atomic E-state index is 0.103. The van der Waals surface area contributed by atoms with Crippen LogP contribution in [-0.2, 0) is 6.42 Å². The molecule has 0 bridgehead atoms. The number of nitrogens with zero attached hydrogens (tertiary/aromatic N) is 1. The zero-order valence-corrected chi connectivity index (χ0v) is 12.0. The minimum atomic E-state index is -0.103. The van der Waals surface area contributed by atoms with Gasteiger partial charge in [-0.2, -0.15) is 5.26 Å². The summed E-state index contributed by atoms with van der Waals surface area (Å²) in [6, 6.07) is 18.5. The largest absolute Gasteiger partial charge is 0.494 e. The van der Waals surface area contributed by atoms with Crippen LogP contribution in [0.2, 0.25) is 0 Å². The van der Waals surface area contributed by atoms with Gasteiger partial charge < -0.3 is 4.74 Å². The quantitative estimate of drug-likeness (QED) is 0.810. The van der Waals surface area contributed by atoms with E-state index in [4.69, 9.17) is 4.74 Å². The van der Waals surface area contributed by atoms with Crippen molar-refractivity contribution in [2.45, 2.75) is 26.2 Å². The third-order valence-electron chi connectivity index (χ3n) is 3.39. The van der Waals surface area contributed by atoms with Crippen LogP contribution in [0.3, 0.4) is 0 Å². The fourth-order valence-electron chi connectivity index (χ4n) is 2.33. The Labute approximate surface area is 120 Å². The Kier molecular flexibility index (Phi) is 4.79. The van der Waals surface area contributed by atoms with Gasteiger partial charge in [-0.15, -0.1) is 0 Å². The van der Waals surface area contributed by atoms with Crippen molar-refractivity contribution in [3.05, 3.63) is 65.2 Å². The summed E-state index contributed by atoms with van der Waals surface area (Å²) in [7, 11) is 0. The fourth-order valence-corrected chi connectivity index (χ4v) is 2.33. The summed E-state index contributed by atoms with van der Waals surface area (Å²) in [6.07, 6.45) is 0.730. The highest BCUT2D eigenvalue weighted by Crippen LogP contribution is 2.24. The van der Waals surface area contributed by atoms with Crippen LogP contribution < -0.4 is 4.74 Å². The SMILES string of the molecule is CCOc1ccc(CC(C#N)c2ccccc2C)cc1. The molecule has 0 heterocycles. The van der Waals surface area contributed by atoms with E-state index in [0.29, 0.717) is 6.61 Å². The molecular weight excluding hydrogens is 246 g/mol. The lowest BCUT2D eigenvalue weighted by atomic mass is 9.90. The summed E-state index contributed by atoms with van der Waals surface area (Å²) in [5.41, 5.74) is 3.44. The van der Waals surface area contributed by atoms with E-state index >= 15 is 0 Å². The number of rotatable bonds is 5. The summed E-state index contributed by atoms with van der Waals surface area (Å²) in [6.45, 7) is 4.69. The topological polar surface area (TPSA) is 33.0 Å². The maximum Gasteiger partial charge on any atom is 0.119 e. The molecule has 1 atom stereocenters. The first kappa shape index (κ1) is 14.1. The molecule has 0 saturated carbocycles. The lowest BCUT2D eigenvalue weighted by Gasteiger charge is -2.12. The summed E-state index contributed by atoms with van der Waals surface area (Å²) < 4.78 is 5.43. The van der Waals surface area contributed by atoms with Crippen LogP contribution in [0.5, 0.6) is 5.75 Å². The van der Waals surface area contributed by atoms with Crippen LogP contribution in [0.25, 0.3) is 0 Å². The average Bonchev–Trinajstić information content (AvgIpc) is 2.48. The Morgan fingerprint density at radius 3 is 2.40 bits per heavy atom. The Hall–Kier alpha value is -2.27. The van der Waals surface area contributed by atoms with Gasteiger partial charge in [-0.1, -0.05) is 36.4 Å².